The number of rotatable bonds is 3. The summed E-state index contributed by atoms with van der Waals surface area (Å²) in [5.74, 6) is 0.0972. The molecule has 1 atom stereocenters. The minimum Gasteiger partial charge on any atom is -0.315 e. The van der Waals surface area contributed by atoms with Crippen LogP contribution in [0.1, 0.15) is 23.7 Å². The highest BCUT2D eigenvalue weighted by molar-refractivity contribution is 7.07. The zero-order chi connectivity index (χ0) is 14.1. The van der Waals surface area contributed by atoms with Crippen molar-refractivity contribution >= 4 is 22.9 Å². The first-order valence-corrected chi connectivity index (χ1v) is 7.28. The predicted octanol–water partition coefficient (Wildman–Crippen LogP) is 1.63. The Hall–Kier alpha value is -1.92. The molecule has 1 aromatic heterocycles. The molecule has 0 spiro atoms. The van der Waals surface area contributed by atoms with Gasteiger partial charge in [0.15, 0.2) is 0 Å². The normalized spacial score (nSPS) is 18.1. The van der Waals surface area contributed by atoms with Crippen LogP contribution in [0.4, 0.5) is 5.69 Å². The molecule has 0 aliphatic carbocycles. The number of anilines is 1. The summed E-state index contributed by atoms with van der Waals surface area (Å²) < 4.78 is 0. The number of para-hydroxylation sites is 1. The monoisotopic (exact) mass is 289 g/mol. The highest BCUT2D eigenvalue weighted by Gasteiger charge is 2.28. The number of carbonyl (C=O) groups is 1. The summed E-state index contributed by atoms with van der Waals surface area (Å²) in [6.07, 6.45) is 0.432. The van der Waals surface area contributed by atoms with Crippen LogP contribution < -0.4 is 15.1 Å². The quantitative estimate of drug-likeness (QED) is 0.902. The molecule has 2 aromatic rings. The van der Waals surface area contributed by atoms with Crippen molar-refractivity contribution in [3.8, 4) is 0 Å². The van der Waals surface area contributed by atoms with Gasteiger partial charge in [0.2, 0.25) is 5.91 Å². The number of aromatic amines is 1. The molecule has 20 heavy (non-hydrogen) atoms. The number of nitrogens with zero attached hydrogens (tertiary/aromatic N) is 1. The standard InChI is InChI=1S/C14H15N3O2S/c1-17-12-5-3-2-4-10(12)11(6-13(17)18)15-7-9-8-20-14(19)16-9/h2-5,8,11,15H,6-7H2,1H3,(H,16,19). The Balaban J connectivity index is 1.81. The number of H-pyrrole nitrogens is 1. The van der Waals surface area contributed by atoms with Crippen molar-refractivity contribution in [2.24, 2.45) is 0 Å². The van der Waals surface area contributed by atoms with Gasteiger partial charge in [-0.05, 0) is 11.6 Å². The third-order valence-corrected chi connectivity index (χ3v) is 4.25. The number of thiazole rings is 1. The maximum absolute atomic E-state index is 12.0. The van der Waals surface area contributed by atoms with Crippen LogP contribution in [0.15, 0.2) is 34.4 Å². The van der Waals surface area contributed by atoms with Gasteiger partial charge in [-0.15, -0.1) is 0 Å². The molecule has 5 nitrogen and oxygen atoms in total. The molecular weight excluding hydrogens is 274 g/mol. The predicted molar refractivity (Wildman–Crippen MR) is 79.0 cm³/mol. The van der Waals surface area contributed by atoms with Crippen LogP contribution in [0.3, 0.4) is 0 Å². The summed E-state index contributed by atoms with van der Waals surface area (Å²) in [5, 5.41) is 5.15. The topological polar surface area (TPSA) is 65.2 Å². The molecule has 0 radical (unpaired) electrons. The fourth-order valence-electron chi connectivity index (χ4n) is 2.46. The Labute approximate surface area is 120 Å². The lowest BCUT2D eigenvalue weighted by Gasteiger charge is -2.32. The first kappa shape index (κ1) is 13.1. The molecule has 0 saturated heterocycles. The fourth-order valence-corrected chi connectivity index (χ4v) is 3.04. The molecule has 6 heteroatoms. The third kappa shape index (κ3) is 2.39. The lowest BCUT2D eigenvalue weighted by Crippen LogP contribution is -2.37. The maximum atomic E-state index is 12.0. The summed E-state index contributed by atoms with van der Waals surface area (Å²) in [6, 6.07) is 7.88. The first-order valence-electron chi connectivity index (χ1n) is 6.40. The van der Waals surface area contributed by atoms with Crippen molar-refractivity contribution in [1.29, 1.82) is 0 Å². The van der Waals surface area contributed by atoms with Gasteiger partial charge in [-0.3, -0.25) is 9.59 Å². The molecule has 3 rings (SSSR count). The van der Waals surface area contributed by atoms with Gasteiger partial charge in [-0.1, -0.05) is 29.5 Å². The van der Waals surface area contributed by atoms with Gasteiger partial charge < -0.3 is 15.2 Å². The third-order valence-electron chi connectivity index (χ3n) is 3.54. The summed E-state index contributed by atoms with van der Waals surface area (Å²) in [4.78, 5) is 27.5. The molecule has 1 unspecified atom stereocenters. The van der Waals surface area contributed by atoms with E-state index in [1.807, 2.05) is 24.3 Å². The number of benzene rings is 1. The molecule has 1 aromatic carbocycles. The molecule has 0 fully saturated rings. The molecule has 0 bridgehead atoms. The number of aromatic nitrogens is 1. The largest absolute Gasteiger partial charge is 0.315 e. The highest BCUT2D eigenvalue weighted by atomic mass is 32.1. The second-order valence-corrected chi connectivity index (χ2v) is 5.66. The Kier molecular flexibility index (Phi) is 3.42. The average Bonchev–Trinajstić information content (AvgIpc) is 2.87. The van der Waals surface area contributed by atoms with Gasteiger partial charge in [-0.25, -0.2) is 0 Å². The van der Waals surface area contributed by atoms with Crippen molar-refractivity contribution in [2.45, 2.75) is 19.0 Å². The maximum Gasteiger partial charge on any atom is 0.304 e. The zero-order valence-corrected chi connectivity index (χ0v) is 11.9. The van der Waals surface area contributed by atoms with Crippen LogP contribution in [0.25, 0.3) is 0 Å². The molecule has 1 aliphatic rings. The molecule has 2 heterocycles. The van der Waals surface area contributed by atoms with E-state index in [0.29, 0.717) is 13.0 Å². The smallest absolute Gasteiger partial charge is 0.304 e. The first-order chi connectivity index (χ1) is 9.65. The van der Waals surface area contributed by atoms with E-state index < -0.39 is 0 Å². The van der Waals surface area contributed by atoms with Crippen LogP contribution >= 0.6 is 11.3 Å². The van der Waals surface area contributed by atoms with Crippen LogP contribution in [-0.4, -0.2) is 17.9 Å². The number of fused-ring (bicyclic) bond motifs is 1. The lowest BCUT2D eigenvalue weighted by molar-refractivity contribution is -0.119. The van der Waals surface area contributed by atoms with E-state index in [1.54, 1.807) is 17.3 Å². The SMILES string of the molecule is CN1C(=O)CC(NCc2csc(=O)[nH]2)c2ccccc21. The minimum atomic E-state index is -0.0540. The minimum absolute atomic E-state index is 0.0155. The molecule has 2 N–H and O–H groups in total. The van der Waals surface area contributed by atoms with Crippen molar-refractivity contribution in [3.63, 3.8) is 0 Å². The highest BCUT2D eigenvalue weighted by Crippen LogP contribution is 2.33. The van der Waals surface area contributed by atoms with Crippen molar-refractivity contribution in [2.75, 3.05) is 11.9 Å². The van der Waals surface area contributed by atoms with Gasteiger partial charge in [0.05, 0.1) is 0 Å². The summed E-state index contributed by atoms with van der Waals surface area (Å²) in [7, 11) is 1.80. The van der Waals surface area contributed by atoms with E-state index in [1.165, 1.54) is 0 Å². The van der Waals surface area contributed by atoms with E-state index in [2.05, 4.69) is 10.3 Å². The summed E-state index contributed by atoms with van der Waals surface area (Å²) in [5.41, 5.74) is 2.91. The molecule has 1 aliphatic heterocycles. The summed E-state index contributed by atoms with van der Waals surface area (Å²) >= 11 is 1.15. The fraction of sp³-hybridized carbons (Fsp3) is 0.286. The molecule has 0 saturated carbocycles. The number of hydrogen-bond donors (Lipinski definition) is 2. The Morgan fingerprint density at radius 2 is 2.20 bits per heavy atom. The van der Waals surface area contributed by atoms with E-state index in [4.69, 9.17) is 0 Å². The Bertz CT molecular complexity index is 691. The van der Waals surface area contributed by atoms with E-state index in [-0.39, 0.29) is 16.8 Å². The van der Waals surface area contributed by atoms with Crippen LogP contribution in [0, 0.1) is 0 Å². The van der Waals surface area contributed by atoms with Crippen LogP contribution in [-0.2, 0) is 11.3 Å². The lowest BCUT2D eigenvalue weighted by atomic mass is 9.96. The number of carbonyl (C=O) groups excluding carboxylic acids is 1. The number of nitrogens with one attached hydrogen (secondary N) is 2. The van der Waals surface area contributed by atoms with Crippen molar-refractivity contribution < 1.29 is 4.79 Å². The second-order valence-electron chi connectivity index (χ2n) is 4.82. The van der Waals surface area contributed by atoms with Crippen molar-refractivity contribution in [3.05, 3.63) is 50.6 Å². The van der Waals surface area contributed by atoms with Gasteiger partial charge in [0, 0.05) is 42.8 Å². The Morgan fingerprint density at radius 3 is 2.95 bits per heavy atom. The second kappa shape index (κ2) is 5.22. The van der Waals surface area contributed by atoms with Gasteiger partial charge in [0.25, 0.3) is 0 Å². The van der Waals surface area contributed by atoms with Gasteiger partial charge >= 0.3 is 4.87 Å². The molecule has 104 valence electrons. The molecular formula is C14H15N3O2S. The Morgan fingerprint density at radius 1 is 1.40 bits per heavy atom. The number of hydrogen-bond acceptors (Lipinski definition) is 4. The van der Waals surface area contributed by atoms with Crippen LogP contribution in [0.5, 0.6) is 0 Å². The zero-order valence-electron chi connectivity index (χ0n) is 11.1. The average molecular weight is 289 g/mol. The van der Waals surface area contributed by atoms with Gasteiger partial charge in [-0.2, -0.15) is 0 Å². The van der Waals surface area contributed by atoms with Crippen LogP contribution in [0.2, 0.25) is 0 Å². The van der Waals surface area contributed by atoms with Gasteiger partial charge in [0.1, 0.15) is 0 Å². The van der Waals surface area contributed by atoms with E-state index in [9.17, 15) is 9.59 Å². The summed E-state index contributed by atoms with van der Waals surface area (Å²) in [6.45, 7) is 0.550. The van der Waals surface area contributed by atoms with E-state index >= 15 is 0 Å². The van der Waals surface area contributed by atoms with E-state index in [0.717, 1.165) is 28.3 Å². The molecule has 1 amide bonds. The van der Waals surface area contributed by atoms with Crippen molar-refractivity contribution in [1.82, 2.24) is 10.3 Å². The number of amides is 1.